The molecule has 1 unspecified atom stereocenters. The molecule has 6 heteroatoms. The predicted octanol–water partition coefficient (Wildman–Crippen LogP) is 2.33. The number of hydrogen-bond acceptors (Lipinski definition) is 4. The topological polar surface area (TPSA) is 61.9 Å². The van der Waals surface area contributed by atoms with Crippen molar-refractivity contribution in [2.45, 2.75) is 10.9 Å². The van der Waals surface area contributed by atoms with Gasteiger partial charge in [-0.3, -0.25) is 4.21 Å². The molecule has 2 heterocycles. The lowest BCUT2D eigenvalue weighted by molar-refractivity contribution is 0.677. The fourth-order valence-electron chi connectivity index (χ4n) is 2.19. The van der Waals surface area contributed by atoms with E-state index < -0.39 is 10.8 Å². The minimum atomic E-state index is -1.23. The normalized spacial score (nSPS) is 12.5. The predicted molar refractivity (Wildman–Crippen MR) is 84.8 cm³/mol. The lowest BCUT2D eigenvalue weighted by Gasteiger charge is -2.15. The monoisotopic (exact) mass is 300 g/mol. The van der Waals surface area contributed by atoms with E-state index in [0.717, 1.165) is 22.4 Å². The minimum Gasteiger partial charge on any atom is -0.362 e. The molecule has 0 bridgehead atoms. The van der Waals surface area contributed by atoms with Crippen LogP contribution >= 0.6 is 0 Å². The van der Waals surface area contributed by atoms with Crippen LogP contribution in [0, 0.1) is 0 Å². The lowest BCUT2D eigenvalue weighted by atomic mass is 10.3. The number of imidazole rings is 1. The molecule has 1 N–H and O–H groups in total. The summed E-state index contributed by atoms with van der Waals surface area (Å²) in [7, 11) is 2.63. The number of benzene rings is 1. The third-order valence-electron chi connectivity index (χ3n) is 3.16. The second kappa shape index (κ2) is 5.65. The number of nitrogens with zero attached hydrogens (tertiary/aromatic N) is 3. The summed E-state index contributed by atoms with van der Waals surface area (Å²) in [5.41, 5.74) is 2.68. The van der Waals surface area contributed by atoms with Crippen LogP contribution in [-0.2, 0) is 16.6 Å². The molecule has 3 aromatic rings. The van der Waals surface area contributed by atoms with Gasteiger partial charge in [-0.05, 0) is 18.2 Å². The maximum absolute atomic E-state index is 12.5. The molecular weight excluding hydrogens is 284 g/mol. The van der Waals surface area contributed by atoms with Gasteiger partial charge in [0.2, 0.25) is 0 Å². The molecule has 2 aromatic heterocycles. The van der Waals surface area contributed by atoms with Gasteiger partial charge in [-0.1, -0.05) is 18.2 Å². The highest BCUT2D eigenvalue weighted by Gasteiger charge is 2.14. The van der Waals surface area contributed by atoms with E-state index in [1.807, 2.05) is 55.4 Å². The maximum atomic E-state index is 12.5. The largest absolute Gasteiger partial charge is 0.362 e. The van der Waals surface area contributed by atoms with E-state index in [-0.39, 0.29) is 0 Å². The van der Waals surface area contributed by atoms with Gasteiger partial charge in [0.05, 0.1) is 27.6 Å². The van der Waals surface area contributed by atoms with Crippen LogP contribution in [0.15, 0.2) is 47.8 Å². The summed E-state index contributed by atoms with van der Waals surface area (Å²) in [6.45, 7) is 0. The third kappa shape index (κ3) is 2.80. The first-order valence-electron chi connectivity index (χ1n) is 6.59. The molecule has 0 aliphatic rings. The SMILES string of the molecule is CN(C)c1ncccc1CS(=O)c1nc2ccccc2[nH]1. The summed E-state index contributed by atoms with van der Waals surface area (Å²) in [6.07, 6.45) is 1.74. The maximum Gasteiger partial charge on any atom is 0.197 e. The first-order valence-corrected chi connectivity index (χ1v) is 7.91. The Morgan fingerprint density at radius 3 is 2.76 bits per heavy atom. The summed E-state index contributed by atoms with van der Waals surface area (Å²) >= 11 is 0. The van der Waals surface area contributed by atoms with E-state index in [9.17, 15) is 4.21 Å². The molecule has 1 atom stereocenters. The molecule has 0 aliphatic heterocycles. The van der Waals surface area contributed by atoms with Crippen molar-refractivity contribution in [3.8, 4) is 0 Å². The molecule has 0 saturated heterocycles. The van der Waals surface area contributed by atoms with Crippen molar-refractivity contribution in [2.24, 2.45) is 0 Å². The number of para-hydroxylation sites is 2. The Labute approximate surface area is 125 Å². The molecule has 108 valence electrons. The summed E-state index contributed by atoms with van der Waals surface area (Å²) in [5, 5.41) is 0.504. The fraction of sp³-hybridized carbons (Fsp3) is 0.200. The molecule has 0 spiro atoms. The van der Waals surface area contributed by atoms with E-state index >= 15 is 0 Å². The number of aromatic nitrogens is 3. The number of rotatable bonds is 4. The van der Waals surface area contributed by atoms with Crippen LogP contribution in [-0.4, -0.2) is 33.3 Å². The van der Waals surface area contributed by atoms with E-state index in [2.05, 4.69) is 15.0 Å². The molecule has 0 fully saturated rings. The summed E-state index contributed by atoms with van der Waals surface area (Å²) < 4.78 is 12.5. The average molecular weight is 300 g/mol. The zero-order valence-electron chi connectivity index (χ0n) is 11.9. The number of aromatic amines is 1. The number of pyridine rings is 1. The zero-order valence-corrected chi connectivity index (χ0v) is 12.7. The number of hydrogen-bond donors (Lipinski definition) is 1. The van der Waals surface area contributed by atoms with Crippen molar-refractivity contribution in [3.63, 3.8) is 0 Å². The molecule has 0 radical (unpaired) electrons. The van der Waals surface area contributed by atoms with E-state index in [0.29, 0.717) is 10.9 Å². The van der Waals surface area contributed by atoms with Crippen LogP contribution < -0.4 is 4.90 Å². The number of H-pyrrole nitrogens is 1. The van der Waals surface area contributed by atoms with Crippen molar-refractivity contribution >= 4 is 27.7 Å². The summed E-state index contributed by atoms with van der Waals surface area (Å²) in [4.78, 5) is 13.8. The summed E-state index contributed by atoms with van der Waals surface area (Å²) in [6, 6.07) is 11.5. The van der Waals surface area contributed by atoms with Crippen LogP contribution in [0.25, 0.3) is 11.0 Å². The molecule has 1 aromatic carbocycles. The van der Waals surface area contributed by atoms with Gasteiger partial charge in [0.1, 0.15) is 5.82 Å². The highest BCUT2D eigenvalue weighted by atomic mass is 32.2. The zero-order chi connectivity index (χ0) is 14.8. The highest BCUT2D eigenvalue weighted by molar-refractivity contribution is 7.84. The Balaban J connectivity index is 1.89. The molecular formula is C15H16N4OS. The van der Waals surface area contributed by atoms with Crippen LogP contribution in [0.4, 0.5) is 5.82 Å². The smallest absolute Gasteiger partial charge is 0.197 e. The van der Waals surface area contributed by atoms with E-state index in [4.69, 9.17) is 0 Å². The van der Waals surface area contributed by atoms with Crippen molar-refractivity contribution in [1.82, 2.24) is 15.0 Å². The summed E-state index contributed by atoms with van der Waals surface area (Å²) in [5.74, 6) is 1.23. The van der Waals surface area contributed by atoms with Crippen molar-refractivity contribution in [3.05, 3.63) is 48.2 Å². The van der Waals surface area contributed by atoms with Crippen molar-refractivity contribution in [2.75, 3.05) is 19.0 Å². The Kier molecular flexibility index (Phi) is 3.70. The third-order valence-corrected chi connectivity index (χ3v) is 4.36. The van der Waals surface area contributed by atoms with Crippen molar-refractivity contribution in [1.29, 1.82) is 0 Å². The minimum absolute atomic E-state index is 0.390. The van der Waals surface area contributed by atoms with Crippen LogP contribution in [0.3, 0.4) is 0 Å². The quantitative estimate of drug-likeness (QED) is 0.803. The molecule has 21 heavy (non-hydrogen) atoms. The van der Waals surface area contributed by atoms with Crippen molar-refractivity contribution < 1.29 is 4.21 Å². The standard InChI is InChI=1S/C15H16N4OS/c1-19(2)14-11(6-5-9-16-14)10-21(20)15-17-12-7-3-4-8-13(12)18-15/h3-9H,10H2,1-2H3,(H,17,18). The average Bonchev–Trinajstić information content (AvgIpc) is 2.91. The van der Waals surface area contributed by atoms with Gasteiger partial charge < -0.3 is 9.88 Å². The molecule has 0 amide bonds. The molecule has 5 nitrogen and oxygen atoms in total. The van der Waals surface area contributed by atoms with Gasteiger partial charge in [0.25, 0.3) is 0 Å². The van der Waals surface area contributed by atoms with Crippen LogP contribution in [0.2, 0.25) is 0 Å². The van der Waals surface area contributed by atoms with Gasteiger partial charge in [-0.25, -0.2) is 9.97 Å². The Morgan fingerprint density at radius 1 is 1.19 bits per heavy atom. The highest BCUT2D eigenvalue weighted by Crippen LogP contribution is 2.20. The van der Waals surface area contributed by atoms with Gasteiger partial charge in [-0.2, -0.15) is 0 Å². The Bertz CT molecular complexity index is 764. The fourth-order valence-corrected chi connectivity index (χ4v) is 3.26. The van der Waals surface area contributed by atoms with Gasteiger partial charge in [0.15, 0.2) is 5.16 Å². The number of anilines is 1. The lowest BCUT2D eigenvalue weighted by Crippen LogP contribution is -2.14. The van der Waals surface area contributed by atoms with Crippen LogP contribution in [0.5, 0.6) is 0 Å². The number of nitrogens with one attached hydrogen (secondary N) is 1. The van der Waals surface area contributed by atoms with Crippen LogP contribution in [0.1, 0.15) is 5.56 Å². The van der Waals surface area contributed by atoms with Gasteiger partial charge in [0, 0.05) is 25.9 Å². The van der Waals surface area contributed by atoms with E-state index in [1.54, 1.807) is 6.20 Å². The van der Waals surface area contributed by atoms with Gasteiger partial charge >= 0.3 is 0 Å². The Morgan fingerprint density at radius 2 is 2.00 bits per heavy atom. The second-order valence-corrected chi connectivity index (χ2v) is 6.30. The second-order valence-electron chi connectivity index (χ2n) is 4.93. The molecule has 0 saturated carbocycles. The molecule has 0 aliphatic carbocycles. The Hall–Kier alpha value is -2.21. The van der Waals surface area contributed by atoms with E-state index in [1.165, 1.54) is 0 Å². The first kappa shape index (κ1) is 13.8. The first-order chi connectivity index (χ1) is 10.1. The molecule has 3 rings (SSSR count). The number of fused-ring (bicyclic) bond motifs is 1. The van der Waals surface area contributed by atoms with Gasteiger partial charge in [-0.15, -0.1) is 0 Å².